The third-order valence-electron chi connectivity index (χ3n) is 3.08. The highest BCUT2D eigenvalue weighted by atomic mass is 16.4. The van der Waals surface area contributed by atoms with Gasteiger partial charge in [0.1, 0.15) is 17.9 Å². The molecule has 0 radical (unpaired) electrons. The molecule has 0 amide bonds. The van der Waals surface area contributed by atoms with Crippen molar-refractivity contribution < 1.29 is 9.90 Å². The zero-order valence-corrected chi connectivity index (χ0v) is 9.26. The van der Waals surface area contributed by atoms with E-state index in [0.29, 0.717) is 11.6 Å². The highest BCUT2D eigenvalue weighted by Gasteiger charge is 2.30. The topological polar surface area (TPSA) is 81.1 Å². The van der Waals surface area contributed by atoms with E-state index in [2.05, 4.69) is 4.98 Å². The van der Waals surface area contributed by atoms with E-state index < -0.39 is 5.97 Å². The second-order valence-corrected chi connectivity index (χ2v) is 4.44. The molecule has 0 atom stereocenters. The van der Waals surface area contributed by atoms with Crippen LogP contribution in [-0.4, -0.2) is 20.6 Å². The summed E-state index contributed by atoms with van der Waals surface area (Å²) in [5.74, 6) is 0.412. The first-order valence-corrected chi connectivity index (χ1v) is 5.63. The van der Waals surface area contributed by atoms with Crippen molar-refractivity contribution in [1.29, 1.82) is 0 Å². The van der Waals surface area contributed by atoms with Crippen LogP contribution in [0.5, 0.6) is 0 Å². The average molecular weight is 231 g/mol. The standard InChI is InChI=1S/C12H13N3O2/c13-8-2-1-3-9-11(8)14-12(7-4-5-7)15(9)6-10(16)17/h1-3,7H,4-6,13H2,(H,16,17). The van der Waals surface area contributed by atoms with E-state index in [9.17, 15) is 4.79 Å². The van der Waals surface area contributed by atoms with E-state index in [4.69, 9.17) is 10.8 Å². The number of imidazole rings is 1. The summed E-state index contributed by atoms with van der Waals surface area (Å²) < 4.78 is 1.77. The van der Waals surface area contributed by atoms with E-state index in [-0.39, 0.29) is 6.54 Å². The molecule has 5 heteroatoms. The number of nitrogen functional groups attached to an aromatic ring is 1. The monoisotopic (exact) mass is 231 g/mol. The lowest BCUT2D eigenvalue weighted by atomic mass is 10.3. The van der Waals surface area contributed by atoms with Gasteiger partial charge in [-0.3, -0.25) is 4.79 Å². The van der Waals surface area contributed by atoms with Gasteiger partial charge in [0.25, 0.3) is 0 Å². The molecule has 88 valence electrons. The summed E-state index contributed by atoms with van der Waals surface area (Å²) in [7, 11) is 0. The van der Waals surface area contributed by atoms with Gasteiger partial charge in [0.2, 0.25) is 0 Å². The van der Waals surface area contributed by atoms with Gasteiger partial charge >= 0.3 is 5.97 Å². The lowest BCUT2D eigenvalue weighted by Crippen LogP contribution is -2.11. The second kappa shape index (κ2) is 3.48. The first kappa shape index (κ1) is 10.1. The molecule has 2 aromatic rings. The lowest BCUT2D eigenvalue weighted by Gasteiger charge is -2.04. The Morgan fingerprint density at radius 2 is 2.29 bits per heavy atom. The van der Waals surface area contributed by atoms with Crippen LogP contribution in [0.3, 0.4) is 0 Å². The van der Waals surface area contributed by atoms with Crippen LogP contribution in [0.4, 0.5) is 5.69 Å². The van der Waals surface area contributed by atoms with Crippen molar-refractivity contribution in [2.75, 3.05) is 5.73 Å². The highest BCUT2D eigenvalue weighted by Crippen LogP contribution is 2.41. The Balaban J connectivity index is 2.23. The van der Waals surface area contributed by atoms with E-state index in [1.807, 2.05) is 12.1 Å². The molecule has 1 heterocycles. The predicted octanol–water partition coefficient (Wildman–Crippen LogP) is 1.58. The minimum atomic E-state index is -0.853. The Hall–Kier alpha value is -2.04. The molecule has 17 heavy (non-hydrogen) atoms. The molecule has 1 saturated carbocycles. The number of anilines is 1. The van der Waals surface area contributed by atoms with Crippen LogP contribution in [-0.2, 0) is 11.3 Å². The van der Waals surface area contributed by atoms with E-state index in [1.165, 1.54) is 0 Å². The van der Waals surface area contributed by atoms with Gasteiger partial charge < -0.3 is 15.4 Å². The van der Waals surface area contributed by atoms with Gasteiger partial charge in [0.05, 0.1) is 11.2 Å². The minimum Gasteiger partial charge on any atom is -0.480 e. The molecule has 5 nitrogen and oxygen atoms in total. The zero-order chi connectivity index (χ0) is 12.0. The third-order valence-corrected chi connectivity index (χ3v) is 3.08. The minimum absolute atomic E-state index is 0.0498. The molecule has 0 saturated heterocycles. The molecule has 0 aliphatic heterocycles. The first-order chi connectivity index (χ1) is 8.16. The van der Waals surface area contributed by atoms with Crippen LogP contribution < -0.4 is 5.73 Å². The van der Waals surface area contributed by atoms with Gasteiger partial charge in [0, 0.05) is 5.92 Å². The molecule has 1 aliphatic carbocycles. The van der Waals surface area contributed by atoms with Crippen molar-refractivity contribution in [3.05, 3.63) is 24.0 Å². The normalized spacial score (nSPS) is 15.3. The molecule has 1 aromatic heterocycles. The average Bonchev–Trinajstić information content (AvgIpc) is 3.04. The molecule has 0 unspecified atom stereocenters. The van der Waals surface area contributed by atoms with Crippen LogP contribution in [0, 0.1) is 0 Å². The SMILES string of the molecule is Nc1cccc2c1nc(C1CC1)n2CC(=O)O. The summed E-state index contributed by atoms with van der Waals surface area (Å²) in [4.78, 5) is 15.4. The van der Waals surface area contributed by atoms with Crippen LogP contribution in [0.25, 0.3) is 11.0 Å². The van der Waals surface area contributed by atoms with Gasteiger partial charge in [-0.25, -0.2) is 4.98 Å². The fraction of sp³-hybridized carbons (Fsp3) is 0.333. The van der Waals surface area contributed by atoms with Gasteiger partial charge in [0.15, 0.2) is 0 Å². The summed E-state index contributed by atoms with van der Waals surface area (Å²) in [5, 5.41) is 8.96. The number of aromatic nitrogens is 2. The first-order valence-electron chi connectivity index (χ1n) is 5.63. The number of hydrogen-bond acceptors (Lipinski definition) is 3. The number of para-hydroxylation sites is 1. The number of carbonyl (C=O) groups is 1. The summed E-state index contributed by atoms with van der Waals surface area (Å²) in [6, 6.07) is 5.49. The number of fused-ring (bicyclic) bond motifs is 1. The van der Waals surface area contributed by atoms with Crippen LogP contribution >= 0.6 is 0 Å². The molecule has 1 aliphatic rings. The van der Waals surface area contributed by atoms with Crippen molar-refractivity contribution >= 4 is 22.7 Å². The Morgan fingerprint density at radius 3 is 2.94 bits per heavy atom. The number of aliphatic carboxylic acids is 1. The van der Waals surface area contributed by atoms with Crippen LogP contribution in [0.15, 0.2) is 18.2 Å². The molecular formula is C12H13N3O2. The molecule has 3 N–H and O–H groups in total. The molecule has 1 aromatic carbocycles. The van der Waals surface area contributed by atoms with Gasteiger partial charge in [-0.1, -0.05) is 6.07 Å². The maximum Gasteiger partial charge on any atom is 0.323 e. The summed E-state index contributed by atoms with van der Waals surface area (Å²) >= 11 is 0. The van der Waals surface area contributed by atoms with Crippen LogP contribution in [0.2, 0.25) is 0 Å². The smallest absolute Gasteiger partial charge is 0.323 e. The third kappa shape index (κ3) is 1.63. The predicted molar refractivity (Wildman–Crippen MR) is 63.8 cm³/mol. The van der Waals surface area contributed by atoms with E-state index in [0.717, 1.165) is 29.7 Å². The largest absolute Gasteiger partial charge is 0.480 e. The van der Waals surface area contributed by atoms with Crippen molar-refractivity contribution in [3.8, 4) is 0 Å². The quantitative estimate of drug-likeness (QED) is 0.786. The lowest BCUT2D eigenvalue weighted by molar-refractivity contribution is -0.137. The molecular weight excluding hydrogens is 218 g/mol. The number of carboxylic acid groups (broad SMARTS) is 1. The summed E-state index contributed by atoms with van der Waals surface area (Å²) in [6.45, 7) is -0.0498. The summed E-state index contributed by atoms with van der Waals surface area (Å²) in [6.07, 6.45) is 2.17. The Kier molecular flexibility index (Phi) is 2.07. The molecule has 0 spiro atoms. The van der Waals surface area contributed by atoms with Crippen LogP contribution in [0.1, 0.15) is 24.6 Å². The van der Waals surface area contributed by atoms with Crippen molar-refractivity contribution in [1.82, 2.24) is 9.55 Å². The van der Waals surface area contributed by atoms with Crippen molar-refractivity contribution in [2.24, 2.45) is 0 Å². The zero-order valence-electron chi connectivity index (χ0n) is 9.26. The van der Waals surface area contributed by atoms with Gasteiger partial charge in [-0.05, 0) is 25.0 Å². The van der Waals surface area contributed by atoms with Crippen molar-refractivity contribution in [3.63, 3.8) is 0 Å². The number of rotatable bonds is 3. The van der Waals surface area contributed by atoms with Crippen molar-refractivity contribution in [2.45, 2.75) is 25.3 Å². The van der Waals surface area contributed by atoms with E-state index >= 15 is 0 Å². The Bertz CT molecular complexity index is 599. The second-order valence-electron chi connectivity index (χ2n) is 4.44. The van der Waals surface area contributed by atoms with E-state index in [1.54, 1.807) is 10.6 Å². The molecule has 0 bridgehead atoms. The Morgan fingerprint density at radius 1 is 1.53 bits per heavy atom. The number of carboxylic acids is 1. The van der Waals surface area contributed by atoms with Gasteiger partial charge in [-0.2, -0.15) is 0 Å². The van der Waals surface area contributed by atoms with Gasteiger partial charge in [-0.15, -0.1) is 0 Å². The fourth-order valence-corrected chi connectivity index (χ4v) is 2.14. The number of nitrogens with zero attached hydrogens (tertiary/aromatic N) is 2. The molecule has 1 fully saturated rings. The fourth-order valence-electron chi connectivity index (χ4n) is 2.14. The maximum atomic E-state index is 10.9. The highest BCUT2D eigenvalue weighted by molar-refractivity contribution is 5.88. The number of hydrogen-bond donors (Lipinski definition) is 2. The number of benzene rings is 1. The maximum absolute atomic E-state index is 10.9. The number of nitrogens with two attached hydrogens (primary N) is 1. The summed E-state index contributed by atoms with van der Waals surface area (Å²) in [5.41, 5.74) is 8.00. The molecule has 3 rings (SSSR count). The Labute approximate surface area is 97.9 Å².